The van der Waals surface area contributed by atoms with Crippen LogP contribution in [0.15, 0.2) is 30.5 Å². The van der Waals surface area contributed by atoms with Gasteiger partial charge in [0.25, 0.3) is 5.91 Å². The molecule has 0 atom stereocenters. The van der Waals surface area contributed by atoms with E-state index >= 15 is 0 Å². The van der Waals surface area contributed by atoms with E-state index in [1.54, 1.807) is 12.1 Å². The number of carbonyl (C=O) groups is 1. The first-order valence-electron chi connectivity index (χ1n) is 8.29. The molecule has 1 aliphatic rings. The average Bonchev–Trinajstić information content (AvgIpc) is 2.65. The molecule has 0 fully saturated rings. The monoisotopic (exact) mass is 459 g/mol. The smallest absolute Gasteiger partial charge is 0.308 e. The lowest BCUT2D eigenvalue weighted by atomic mass is 9.99. The van der Waals surface area contributed by atoms with Gasteiger partial charge in [-0.05, 0) is 31.5 Å². The van der Waals surface area contributed by atoms with Gasteiger partial charge in [-0.15, -0.1) is 0 Å². The number of hydrogen-bond acceptors (Lipinski definition) is 4. The van der Waals surface area contributed by atoms with Crippen LogP contribution in [-0.4, -0.2) is 32.8 Å². The number of benzene rings is 1. The molecule has 10 heteroatoms. The molecule has 1 aromatic heterocycles. The molecule has 0 spiro atoms. The Labute approximate surface area is 176 Å². The summed E-state index contributed by atoms with van der Waals surface area (Å²) in [4.78, 5) is 16.3. The van der Waals surface area contributed by atoms with Crippen LogP contribution in [0.3, 0.4) is 0 Å². The molecular weight excluding hydrogens is 445 g/mol. The van der Waals surface area contributed by atoms with Crippen LogP contribution >= 0.6 is 23.2 Å². The predicted molar refractivity (Wildman–Crippen MR) is 108 cm³/mol. The summed E-state index contributed by atoms with van der Waals surface area (Å²) in [6.45, 7) is 3.06. The lowest BCUT2D eigenvalue weighted by Crippen LogP contribution is -2.34. The Balaban J connectivity index is 2.28. The van der Waals surface area contributed by atoms with Gasteiger partial charge in [0.2, 0.25) is 0 Å². The fraction of sp³-hybridized carbons (Fsp3) is 0.263. The van der Waals surface area contributed by atoms with Crippen molar-refractivity contribution in [2.45, 2.75) is 25.0 Å². The second-order valence-electron chi connectivity index (χ2n) is 6.82. The molecule has 0 aliphatic carbocycles. The Bertz CT molecular complexity index is 1150. The normalized spacial score (nSPS) is 16.9. The summed E-state index contributed by atoms with van der Waals surface area (Å²) in [7, 11) is -2.91. The number of rotatable bonds is 3. The highest BCUT2D eigenvalue weighted by Gasteiger charge is 2.45. The van der Waals surface area contributed by atoms with Crippen LogP contribution in [0.1, 0.15) is 30.7 Å². The third kappa shape index (κ3) is 3.33. The van der Waals surface area contributed by atoms with E-state index in [1.165, 1.54) is 32.2 Å². The lowest BCUT2D eigenvalue weighted by molar-refractivity contribution is -0.128. The van der Waals surface area contributed by atoms with Crippen molar-refractivity contribution in [3.8, 4) is 0 Å². The molecule has 2 aromatic rings. The van der Waals surface area contributed by atoms with Gasteiger partial charge in [0, 0.05) is 24.9 Å². The van der Waals surface area contributed by atoms with Crippen molar-refractivity contribution in [1.82, 2.24) is 4.98 Å². The molecule has 1 amide bonds. The second-order valence-corrected chi connectivity index (χ2v) is 10.0. The van der Waals surface area contributed by atoms with E-state index in [0.29, 0.717) is 16.2 Å². The number of halogens is 4. The van der Waals surface area contributed by atoms with Gasteiger partial charge >= 0.3 is 6.43 Å². The highest BCUT2D eigenvalue weighted by Crippen LogP contribution is 2.47. The third-order valence-corrected chi connectivity index (χ3v) is 7.90. The zero-order valence-electron chi connectivity index (χ0n) is 15.5. The number of sulfone groups is 1. The van der Waals surface area contributed by atoms with Crippen molar-refractivity contribution in [2.75, 3.05) is 11.9 Å². The fourth-order valence-corrected chi connectivity index (χ4v) is 5.49. The molecule has 3 rings (SSSR count). The summed E-state index contributed by atoms with van der Waals surface area (Å²) in [5.41, 5.74) is 0.570. The minimum atomic E-state index is -4.00. The summed E-state index contributed by atoms with van der Waals surface area (Å²) in [5, 5.41) is -0.336. The standard InChI is InChI=1S/C19H15Cl2F2N2O3S/c1-19(2)11-5-4-8-24-13(11)9-14(29(19,27)28)10-6-7-12(20)16(15(10)21)25(3)18(26)17(22)23/h4-8,17H,1-3H3. The Morgan fingerprint density at radius 1 is 1.24 bits per heavy atom. The molecule has 0 saturated heterocycles. The molecule has 0 unspecified atom stereocenters. The van der Waals surface area contributed by atoms with E-state index in [0.717, 1.165) is 7.05 Å². The maximum absolute atomic E-state index is 13.3. The van der Waals surface area contributed by atoms with Gasteiger partial charge in [-0.1, -0.05) is 35.3 Å². The van der Waals surface area contributed by atoms with Crippen LogP contribution < -0.4 is 4.90 Å². The lowest BCUT2D eigenvalue weighted by Gasteiger charge is -2.32. The van der Waals surface area contributed by atoms with E-state index in [-0.39, 0.29) is 26.2 Å². The zero-order valence-corrected chi connectivity index (χ0v) is 17.8. The zero-order chi connectivity index (χ0) is 21.7. The molecule has 29 heavy (non-hydrogen) atoms. The maximum atomic E-state index is 13.3. The minimum absolute atomic E-state index is 0.00985. The topological polar surface area (TPSA) is 67.3 Å². The van der Waals surface area contributed by atoms with Gasteiger partial charge in [-0.2, -0.15) is 8.78 Å². The van der Waals surface area contributed by atoms with Crippen LogP contribution in [0.25, 0.3) is 4.91 Å². The molecule has 153 valence electrons. The van der Waals surface area contributed by atoms with Gasteiger partial charge in [0.1, 0.15) is 0 Å². The summed E-state index contributed by atoms with van der Waals surface area (Å²) in [6.07, 6.45) is 0.995. The molecule has 2 heterocycles. The maximum Gasteiger partial charge on any atom is 0.316 e. The highest BCUT2D eigenvalue weighted by molar-refractivity contribution is 8.01. The largest absolute Gasteiger partial charge is 0.316 e. The van der Waals surface area contributed by atoms with Gasteiger partial charge < -0.3 is 4.90 Å². The quantitative estimate of drug-likeness (QED) is 0.678. The van der Waals surface area contributed by atoms with E-state index in [9.17, 15) is 22.0 Å². The van der Waals surface area contributed by atoms with E-state index in [4.69, 9.17) is 23.2 Å². The van der Waals surface area contributed by atoms with Crippen LogP contribution in [0.2, 0.25) is 10.0 Å². The van der Waals surface area contributed by atoms with Crippen LogP contribution in [0, 0.1) is 6.08 Å². The number of amides is 1. The number of nitrogens with zero attached hydrogens (tertiary/aromatic N) is 2. The number of carbonyl (C=O) groups excluding carboxylic acids is 1. The number of anilines is 1. The minimum Gasteiger partial charge on any atom is -0.308 e. The second kappa shape index (κ2) is 7.34. The van der Waals surface area contributed by atoms with Crippen LogP contribution in [0.5, 0.6) is 0 Å². The summed E-state index contributed by atoms with van der Waals surface area (Å²) >= 11 is 12.4. The number of alkyl halides is 2. The first kappa shape index (κ1) is 21.7. The molecule has 1 radical (unpaired) electrons. The first-order chi connectivity index (χ1) is 13.4. The SMILES string of the molecule is CN(C(=O)C(F)F)c1c(Cl)ccc(C2=[C]c3ncccc3C(C)(C)S2(=O)=O)c1Cl. The molecule has 1 aliphatic heterocycles. The van der Waals surface area contributed by atoms with Crippen molar-refractivity contribution < 1.29 is 22.0 Å². The van der Waals surface area contributed by atoms with E-state index in [1.807, 2.05) is 0 Å². The number of fused-ring (bicyclic) bond motifs is 1. The molecular formula is C19H15Cl2F2N2O3S. The van der Waals surface area contributed by atoms with Crippen molar-refractivity contribution in [1.29, 1.82) is 0 Å². The van der Waals surface area contributed by atoms with E-state index in [2.05, 4.69) is 11.1 Å². The Kier molecular flexibility index (Phi) is 5.49. The molecule has 5 nitrogen and oxygen atoms in total. The summed E-state index contributed by atoms with van der Waals surface area (Å²) in [5.74, 6) is -1.53. The Hall–Kier alpha value is -2.03. The van der Waals surface area contributed by atoms with Crippen LogP contribution in [-0.2, 0) is 19.4 Å². The Morgan fingerprint density at radius 3 is 2.52 bits per heavy atom. The summed E-state index contributed by atoms with van der Waals surface area (Å²) in [6, 6.07) is 5.91. The highest BCUT2D eigenvalue weighted by atomic mass is 35.5. The summed E-state index contributed by atoms with van der Waals surface area (Å²) < 4.78 is 51.1. The fourth-order valence-electron chi connectivity index (χ4n) is 3.06. The van der Waals surface area contributed by atoms with Gasteiger partial charge in [0.15, 0.2) is 9.84 Å². The number of hydrogen-bond donors (Lipinski definition) is 0. The molecule has 1 aromatic carbocycles. The number of aromatic nitrogens is 1. The third-order valence-electron chi connectivity index (χ3n) is 4.79. The average molecular weight is 460 g/mol. The molecule has 0 N–H and O–H groups in total. The van der Waals surface area contributed by atoms with Crippen molar-refractivity contribution >= 4 is 49.5 Å². The number of pyridine rings is 1. The molecule has 0 saturated carbocycles. The predicted octanol–water partition coefficient (Wildman–Crippen LogP) is 4.47. The van der Waals surface area contributed by atoms with Crippen molar-refractivity contribution in [2.24, 2.45) is 0 Å². The van der Waals surface area contributed by atoms with Gasteiger partial charge in [-0.3, -0.25) is 9.78 Å². The Morgan fingerprint density at radius 2 is 1.90 bits per heavy atom. The van der Waals surface area contributed by atoms with E-state index < -0.39 is 26.9 Å². The van der Waals surface area contributed by atoms with Gasteiger partial charge in [-0.25, -0.2) is 8.42 Å². The first-order valence-corrected chi connectivity index (χ1v) is 10.5. The molecule has 0 bridgehead atoms. The van der Waals surface area contributed by atoms with Crippen molar-refractivity contribution in [3.63, 3.8) is 0 Å². The van der Waals surface area contributed by atoms with Gasteiger partial charge in [0.05, 0.1) is 31.1 Å². The van der Waals surface area contributed by atoms with Crippen molar-refractivity contribution in [3.05, 3.63) is 63.4 Å². The van der Waals surface area contributed by atoms with Crippen LogP contribution in [0.4, 0.5) is 14.5 Å².